The number of hydrogen-bond donors (Lipinski definition) is 2. The zero-order chi connectivity index (χ0) is 16.0. The molecule has 1 unspecified atom stereocenters. The van der Waals surface area contributed by atoms with Gasteiger partial charge < -0.3 is 10.1 Å². The fraction of sp³-hybridized carbons (Fsp3) is 0.462. The lowest BCUT2D eigenvalue weighted by Crippen LogP contribution is -2.29. The molecule has 116 valence electrons. The van der Waals surface area contributed by atoms with Crippen LogP contribution in [-0.2, 0) is 10.0 Å². The summed E-state index contributed by atoms with van der Waals surface area (Å²) in [4.78, 5) is 12.0. The van der Waals surface area contributed by atoms with Crippen molar-refractivity contribution >= 4 is 27.5 Å². The third-order valence-electron chi connectivity index (χ3n) is 3.59. The Morgan fingerprint density at radius 2 is 2.05 bits per heavy atom. The van der Waals surface area contributed by atoms with E-state index in [2.05, 4.69) is 5.32 Å². The molecule has 1 atom stereocenters. The minimum atomic E-state index is -4.05. The summed E-state index contributed by atoms with van der Waals surface area (Å²) in [5.41, 5.74) is 0.0984. The van der Waals surface area contributed by atoms with Gasteiger partial charge in [0.05, 0.1) is 12.7 Å². The average Bonchev–Trinajstić information content (AvgIpc) is 2.94. The predicted octanol–water partition coefficient (Wildman–Crippen LogP) is 1.52. The molecule has 0 aliphatic heterocycles. The van der Waals surface area contributed by atoms with Crippen molar-refractivity contribution in [1.82, 2.24) is 5.32 Å². The number of sulfonamides is 1. The van der Waals surface area contributed by atoms with Gasteiger partial charge in [0.2, 0.25) is 10.0 Å². The molecular weight excluding hydrogens is 316 g/mol. The summed E-state index contributed by atoms with van der Waals surface area (Å²) in [5, 5.41) is 8.05. The highest BCUT2D eigenvalue weighted by Gasteiger charge is 2.46. The minimum absolute atomic E-state index is 0.0459. The molecule has 6 nitrogen and oxygen atoms in total. The molecule has 0 bridgehead atoms. The van der Waals surface area contributed by atoms with Crippen LogP contribution in [-0.4, -0.2) is 27.5 Å². The smallest absolute Gasteiger partial charge is 0.255 e. The van der Waals surface area contributed by atoms with E-state index in [1.165, 1.54) is 13.2 Å². The van der Waals surface area contributed by atoms with Crippen molar-refractivity contribution in [3.05, 3.63) is 22.7 Å². The van der Waals surface area contributed by atoms with Crippen molar-refractivity contribution in [2.45, 2.75) is 31.2 Å². The number of ether oxygens (including phenoxy) is 1. The molecule has 3 N–H and O–H groups in total. The van der Waals surface area contributed by atoms with Gasteiger partial charge >= 0.3 is 0 Å². The highest BCUT2D eigenvalue weighted by atomic mass is 35.5. The summed E-state index contributed by atoms with van der Waals surface area (Å²) in [6, 6.07) is 2.57. The van der Waals surface area contributed by atoms with Crippen LogP contribution in [0.5, 0.6) is 5.75 Å². The predicted molar refractivity (Wildman–Crippen MR) is 79.0 cm³/mol. The van der Waals surface area contributed by atoms with E-state index in [0.29, 0.717) is 0 Å². The van der Waals surface area contributed by atoms with Crippen LogP contribution < -0.4 is 15.2 Å². The molecule has 21 heavy (non-hydrogen) atoms. The molecule has 1 aromatic carbocycles. The van der Waals surface area contributed by atoms with E-state index in [9.17, 15) is 13.2 Å². The van der Waals surface area contributed by atoms with Gasteiger partial charge in [-0.2, -0.15) is 0 Å². The first-order chi connectivity index (χ1) is 9.56. The van der Waals surface area contributed by atoms with Crippen LogP contribution in [0.4, 0.5) is 0 Å². The molecule has 1 saturated carbocycles. The molecule has 0 radical (unpaired) electrons. The number of hydrogen-bond acceptors (Lipinski definition) is 4. The Morgan fingerprint density at radius 1 is 1.48 bits per heavy atom. The van der Waals surface area contributed by atoms with Gasteiger partial charge in [-0.25, -0.2) is 13.6 Å². The van der Waals surface area contributed by atoms with Gasteiger partial charge in [-0.15, -0.1) is 0 Å². The van der Waals surface area contributed by atoms with E-state index in [1.807, 2.05) is 13.8 Å². The second-order valence-corrected chi connectivity index (χ2v) is 7.71. The fourth-order valence-electron chi connectivity index (χ4n) is 2.11. The van der Waals surface area contributed by atoms with Crippen molar-refractivity contribution in [3.8, 4) is 5.75 Å². The van der Waals surface area contributed by atoms with Crippen LogP contribution in [0.2, 0.25) is 5.02 Å². The fourth-order valence-corrected chi connectivity index (χ4v) is 3.13. The highest BCUT2D eigenvalue weighted by Crippen LogP contribution is 2.45. The number of methoxy groups -OCH3 is 1. The van der Waals surface area contributed by atoms with Gasteiger partial charge in [0.1, 0.15) is 4.90 Å². The largest absolute Gasteiger partial charge is 0.494 e. The Hall–Kier alpha value is -1.31. The second-order valence-electron chi connectivity index (χ2n) is 5.75. The molecule has 1 aliphatic rings. The number of nitrogens with two attached hydrogens (primary N) is 1. The third-order valence-corrected chi connectivity index (χ3v) is 4.73. The molecule has 0 aromatic heterocycles. The normalized spacial score (nSPS) is 20.0. The molecule has 1 amide bonds. The van der Waals surface area contributed by atoms with Crippen LogP contribution in [0, 0.1) is 5.41 Å². The summed E-state index contributed by atoms with van der Waals surface area (Å²) in [7, 11) is -2.78. The number of amides is 1. The lowest BCUT2D eigenvalue weighted by Gasteiger charge is -2.14. The van der Waals surface area contributed by atoms with Gasteiger partial charge in [-0.3, -0.25) is 4.79 Å². The lowest BCUT2D eigenvalue weighted by atomic mass is 10.1. The summed E-state index contributed by atoms with van der Waals surface area (Å²) in [6.07, 6.45) is 0.865. The van der Waals surface area contributed by atoms with Crippen molar-refractivity contribution < 1.29 is 17.9 Å². The van der Waals surface area contributed by atoms with Crippen LogP contribution >= 0.6 is 11.6 Å². The van der Waals surface area contributed by atoms with E-state index < -0.39 is 15.9 Å². The summed E-state index contributed by atoms with van der Waals surface area (Å²) < 4.78 is 28.2. The number of carbonyl (C=O) groups is 1. The Bertz CT molecular complexity index is 700. The van der Waals surface area contributed by atoms with E-state index in [-0.39, 0.29) is 32.7 Å². The maximum atomic E-state index is 12.3. The number of rotatable bonds is 4. The maximum Gasteiger partial charge on any atom is 0.255 e. The molecule has 8 heteroatoms. The topological polar surface area (TPSA) is 98.5 Å². The summed E-state index contributed by atoms with van der Waals surface area (Å²) in [6.45, 7) is 4.06. The molecule has 0 saturated heterocycles. The Labute approximate surface area is 128 Å². The molecule has 0 spiro atoms. The van der Waals surface area contributed by atoms with Gasteiger partial charge in [-0.1, -0.05) is 25.4 Å². The Morgan fingerprint density at radius 3 is 2.48 bits per heavy atom. The van der Waals surface area contributed by atoms with Crippen molar-refractivity contribution in [2.75, 3.05) is 7.11 Å². The van der Waals surface area contributed by atoms with Gasteiger partial charge in [0.15, 0.2) is 5.75 Å². The van der Waals surface area contributed by atoms with Gasteiger partial charge in [0.25, 0.3) is 5.91 Å². The van der Waals surface area contributed by atoms with Gasteiger partial charge in [-0.05, 0) is 24.0 Å². The monoisotopic (exact) mass is 332 g/mol. The Balaban J connectivity index is 2.43. The van der Waals surface area contributed by atoms with Crippen molar-refractivity contribution in [2.24, 2.45) is 10.6 Å². The van der Waals surface area contributed by atoms with Crippen molar-refractivity contribution in [1.29, 1.82) is 0 Å². The average molecular weight is 333 g/mol. The SMILES string of the molecule is COc1c(C(=O)NC2CC2(C)C)cc(Cl)cc1S(N)(=O)=O. The standard InChI is InChI=1S/C13H17ClN2O4S/c1-13(2)6-10(13)16-12(17)8-4-7(14)5-9(11(8)20-3)21(15,18)19/h4-5,10H,6H2,1-3H3,(H,16,17)(H2,15,18,19). The van der Waals surface area contributed by atoms with E-state index in [1.54, 1.807) is 0 Å². The molecule has 1 aliphatic carbocycles. The number of primary sulfonamides is 1. The van der Waals surface area contributed by atoms with Crippen LogP contribution in [0.1, 0.15) is 30.6 Å². The zero-order valence-electron chi connectivity index (χ0n) is 11.9. The minimum Gasteiger partial charge on any atom is -0.494 e. The first-order valence-electron chi connectivity index (χ1n) is 6.27. The van der Waals surface area contributed by atoms with Crippen molar-refractivity contribution in [3.63, 3.8) is 0 Å². The molecule has 2 rings (SSSR count). The first kappa shape index (κ1) is 16.1. The summed E-state index contributed by atoms with van der Waals surface area (Å²) in [5.74, 6) is -0.535. The van der Waals surface area contributed by atoms with Gasteiger partial charge in [0, 0.05) is 11.1 Å². The van der Waals surface area contributed by atoms with E-state index in [0.717, 1.165) is 12.5 Å². The molecule has 1 fully saturated rings. The lowest BCUT2D eigenvalue weighted by molar-refractivity contribution is 0.0943. The van der Waals surface area contributed by atoms with Crippen LogP contribution in [0.15, 0.2) is 17.0 Å². The number of halogens is 1. The van der Waals surface area contributed by atoms with Crippen LogP contribution in [0.3, 0.4) is 0 Å². The number of nitrogens with one attached hydrogen (secondary N) is 1. The van der Waals surface area contributed by atoms with E-state index in [4.69, 9.17) is 21.5 Å². The number of carbonyl (C=O) groups excluding carboxylic acids is 1. The molecule has 0 heterocycles. The maximum absolute atomic E-state index is 12.3. The van der Waals surface area contributed by atoms with Crippen LogP contribution in [0.25, 0.3) is 0 Å². The zero-order valence-corrected chi connectivity index (χ0v) is 13.5. The number of benzene rings is 1. The van der Waals surface area contributed by atoms with E-state index >= 15 is 0 Å². The Kier molecular flexibility index (Phi) is 3.94. The molecular formula is C13H17ClN2O4S. The quantitative estimate of drug-likeness (QED) is 0.873. The third kappa shape index (κ3) is 3.30. The highest BCUT2D eigenvalue weighted by molar-refractivity contribution is 7.89. The summed E-state index contributed by atoms with van der Waals surface area (Å²) >= 11 is 5.88. The first-order valence-corrected chi connectivity index (χ1v) is 8.20. The second kappa shape index (κ2) is 5.15. The molecule has 1 aromatic rings.